The molecule has 2 saturated heterocycles. The van der Waals surface area contributed by atoms with Crippen LogP contribution < -0.4 is 10.2 Å². The van der Waals surface area contributed by atoms with E-state index in [1.807, 2.05) is 24.4 Å². The number of nitrogens with zero attached hydrogens (tertiary/aromatic N) is 4. The summed E-state index contributed by atoms with van der Waals surface area (Å²) in [7, 11) is 3.81. The van der Waals surface area contributed by atoms with Crippen LogP contribution in [-0.2, 0) is 13.6 Å². The number of nitrogens with one attached hydrogen (secondary N) is 1. The molecule has 4 heterocycles. The Morgan fingerprint density at radius 1 is 1.05 bits per heavy atom. The number of halogens is 3. The summed E-state index contributed by atoms with van der Waals surface area (Å²) >= 11 is 3.64. The minimum atomic E-state index is -2.77. The normalized spacial score (nSPS) is 19.7. The molecule has 6 nitrogen and oxygen atoms in total. The molecule has 6 rings (SSSR count). The van der Waals surface area contributed by atoms with E-state index in [0.717, 1.165) is 48.0 Å². The van der Waals surface area contributed by atoms with Crippen molar-refractivity contribution in [2.45, 2.75) is 43.6 Å². The Morgan fingerprint density at radius 2 is 1.74 bits per heavy atom. The van der Waals surface area contributed by atoms with Gasteiger partial charge < -0.3 is 14.8 Å². The van der Waals surface area contributed by atoms with E-state index in [1.165, 1.54) is 11.3 Å². The number of piperidine rings is 2. The molecule has 2 aliphatic rings. The Morgan fingerprint density at radius 3 is 2.40 bits per heavy atom. The number of anilines is 1. The van der Waals surface area contributed by atoms with Gasteiger partial charge in [-0.05, 0) is 108 Å². The number of amides is 1. The quantitative estimate of drug-likeness (QED) is 0.256. The molecule has 0 spiro atoms. The molecule has 1 amide bonds. The molecule has 2 aliphatic heterocycles. The number of hydrogen-bond donors (Lipinski definition) is 1. The third kappa shape index (κ3) is 5.74. The zero-order valence-electron chi connectivity index (χ0n) is 24.0. The van der Waals surface area contributed by atoms with Crippen LogP contribution in [0, 0.1) is 0 Å². The van der Waals surface area contributed by atoms with E-state index >= 15 is 0 Å². The number of pyridine rings is 1. The number of hydrogen-bond acceptors (Lipinski definition) is 4. The Hall–Kier alpha value is -3.14. The number of aryl methyl sites for hydroxylation is 1. The molecule has 42 heavy (non-hydrogen) atoms. The highest BCUT2D eigenvalue weighted by molar-refractivity contribution is 9.10. The summed E-state index contributed by atoms with van der Waals surface area (Å²) in [6.45, 7) is 3.21. The summed E-state index contributed by atoms with van der Waals surface area (Å²) in [5, 5.41) is 3.91. The van der Waals surface area contributed by atoms with Crippen molar-refractivity contribution in [3.05, 3.63) is 93.7 Å². The Kier molecular flexibility index (Phi) is 8.18. The molecule has 2 aromatic carbocycles. The summed E-state index contributed by atoms with van der Waals surface area (Å²) in [4.78, 5) is 21.9. The lowest BCUT2D eigenvalue weighted by molar-refractivity contribution is -0.0420. The molecular weight excluding hydrogens is 600 g/mol. The van der Waals surface area contributed by atoms with E-state index < -0.39 is 11.8 Å². The Bertz CT molecular complexity index is 1560. The summed E-state index contributed by atoms with van der Waals surface area (Å²) < 4.78 is 32.0. The van der Waals surface area contributed by atoms with E-state index in [1.54, 1.807) is 36.2 Å². The molecule has 0 radical (unpaired) electrons. The van der Waals surface area contributed by atoms with Crippen LogP contribution in [0.5, 0.6) is 0 Å². The van der Waals surface area contributed by atoms with Crippen molar-refractivity contribution >= 4 is 38.6 Å². The molecule has 1 N–H and O–H groups in total. The number of alkyl halides is 2. The fraction of sp³-hybridized carbons (Fsp3) is 0.394. The van der Waals surface area contributed by atoms with Gasteiger partial charge in [-0.2, -0.15) is 0 Å². The van der Waals surface area contributed by atoms with Gasteiger partial charge in [0.2, 0.25) is 0 Å². The summed E-state index contributed by atoms with van der Waals surface area (Å²) in [5.41, 5.74) is 5.43. The van der Waals surface area contributed by atoms with Crippen LogP contribution in [-0.4, -0.2) is 59.5 Å². The molecule has 2 fully saturated rings. The number of benzene rings is 2. The maximum Gasteiger partial charge on any atom is 0.267 e. The predicted molar refractivity (Wildman–Crippen MR) is 166 cm³/mol. The molecular formula is C33H36BrF2N5O. The van der Waals surface area contributed by atoms with Crippen molar-refractivity contribution in [3.63, 3.8) is 0 Å². The number of carbonyl (C=O) groups is 1. The van der Waals surface area contributed by atoms with Crippen LogP contribution in [0.1, 0.15) is 58.3 Å². The number of aromatic nitrogens is 2. The summed E-state index contributed by atoms with van der Waals surface area (Å²) in [5.74, 6) is -3.22. The van der Waals surface area contributed by atoms with Crippen molar-refractivity contribution < 1.29 is 13.6 Å². The van der Waals surface area contributed by atoms with Crippen molar-refractivity contribution in [1.82, 2.24) is 19.8 Å². The average molecular weight is 637 g/mol. The first kappa shape index (κ1) is 29.0. The van der Waals surface area contributed by atoms with Gasteiger partial charge in [0.05, 0.1) is 12.5 Å². The molecule has 2 aromatic heterocycles. The van der Waals surface area contributed by atoms with Crippen molar-refractivity contribution in [2.75, 3.05) is 38.1 Å². The fourth-order valence-electron chi connectivity index (χ4n) is 6.43. The molecule has 0 bridgehead atoms. The summed E-state index contributed by atoms with van der Waals surface area (Å²) in [6.07, 6.45) is 4.37. The Balaban J connectivity index is 1.05. The molecule has 0 saturated carbocycles. The lowest BCUT2D eigenvalue weighted by Crippen LogP contribution is -2.44. The minimum Gasteiger partial charge on any atom is -0.331 e. The predicted octanol–water partition coefficient (Wildman–Crippen LogP) is 6.70. The van der Waals surface area contributed by atoms with Gasteiger partial charge in [-0.15, -0.1) is 0 Å². The van der Waals surface area contributed by atoms with Crippen molar-refractivity contribution in [2.24, 2.45) is 7.05 Å². The molecule has 4 aromatic rings. The van der Waals surface area contributed by atoms with Gasteiger partial charge >= 0.3 is 0 Å². The first-order chi connectivity index (χ1) is 20.2. The summed E-state index contributed by atoms with van der Waals surface area (Å²) in [6, 6.07) is 19.2. The van der Waals surface area contributed by atoms with Gasteiger partial charge in [0.1, 0.15) is 5.65 Å². The molecule has 1 unspecified atom stereocenters. The van der Waals surface area contributed by atoms with Gasteiger partial charge in [0.25, 0.3) is 11.8 Å². The molecule has 1 atom stereocenters. The average Bonchev–Trinajstić information content (AvgIpc) is 3.32. The first-order valence-corrected chi connectivity index (χ1v) is 15.4. The number of fused-ring (bicyclic) bond motifs is 1. The second-order valence-corrected chi connectivity index (χ2v) is 12.5. The largest absolute Gasteiger partial charge is 0.331 e. The first-order valence-electron chi connectivity index (χ1n) is 14.6. The standard InChI is InChI=1S/C33H36BrF2N5O/c1-39-27(19-28-30(34)12-16-38-31(28)39)20-41-17-13-23(14-18-41)22-3-5-25(6-4-22)32(42)40(2)26-9-7-24(8-10-26)29-11-15-37-21-33(29,35)36/h3-10,12,16,19,23,29,37H,11,13-15,17-18,20-21H2,1-2H3. The third-order valence-corrected chi connectivity index (χ3v) is 9.74. The van der Waals surface area contributed by atoms with Crippen LogP contribution in [0.15, 0.2) is 71.3 Å². The third-order valence-electron chi connectivity index (χ3n) is 9.05. The van der Waals surface area contributed by atoms with Crippen LogP contribution in [0.2, 0.25) is 0 Å². The number of carbonyl (C=O) groups excluding carboxylic acids is 1. The molecule has 0 aliphatic carbocycles. The number of likely N-dealkylation sites (tertiary alicyclic amines) is 1. The van der Waals surface area contributed by atoms with E-state index in [-0.39, 0.29) is 12.5 Å². The topological polar surface area (TPSA) is 53.4 Å². The van der Waals surface area contributed by atoms with E-state index in [9.17, 15) is 13.6 Å². The molecule has 220 valence electrons. The second-order valence-electron chi connectivity index (χ2n) is 11.6. The Labute approximate surface area is 253 Å². The lowest BCUT2D eigenvalue weighted by atomic mass is 9.87. The highest BCUT2D eigenvalue weighted by atomic mass is 79.9. The van der Waals surface area contributed by atoms with Gasteiger partial charge in [-0.25, -0.2) is 13.8 Å². The van der Waals surface area contributed by atoms with Gasteiger partial charge in [0.15, 0.2) is 0 Å². The van der Waals surface area contributed by atoms with Crippen molar-refractivity contribution in [1.29, 1.82) is 0 Å². The highest BCUT2D eigenvalue weighted by Gasteiger charge is 2.42. The zero-order chi connectivity index (χ0) is 29.4. The van der Waals surface area contributed by atoms with E-state index in [2.05, 4.69) is 60.9 Å². The van der Waals surface area contributed by atoms with Crippen LogP contribution in [0.4, 0.5) is 14.5 Å². The highest BCUT2D eigenvalue weighted by Crippen LogP contribution is 2.38. The minimum absolute atomic E-state index is 0.118. The second kappa shape index (κ2) is 11.9. The van der Waals surface area contributed by atoms with Crippen molar-refractivity contribution in [3.8, 4) is 0 Å². The van der Waals surface area contributed by atoms with Gasteiger partial charge in [-0.3, -0.25) is 9.69 Å². The smallest absolute Gasteiger partial charge is 0.267 e. The molecule has 9 heteroatoms. The van der Waals surface area contributed by atoms with Crippen LogP contribution >= 0.6 is 15.9 Å². The SMILES string of the molecule is CN(C(=O)c1ccc(C2CCN(Cc3cc4c(Br)ccnc4n3C)CC2)cc1)c1ccc(C2CCNCC2(F)F)cc1. The monoisotopic (exact) mass is 635 g/mol. The maximum atomic E-state index is 14.4. The van der Waals surface area contributed by atoms with Gasteiger partial charge in [-0.1, -0.05) is 24.3 Å². The number of rotatable bonds is 6. The van der Waals surface area contributed by atoms with E-state index in [0.29, 0.717) is 35.7 Å². The zero-order valence-corrected chi connectivity index (χ0v) is 25.6. The maximum absolute atomic E-state index is 14.4. The van der Waals surface area contributed by atoms with Gasteiger partial charge in [0, 0.05) is 53.6 Å². The van der Waals surface area contributed by atoms with Crippen LogP contribution in [0.25, 0.3) is 11.0 Å². The van der Waals surface area contributed by atoms with E-state index in [4.69, 9.17) is 0 Å². The van der Waals surface area contributed by atoms with Crippen LogP contribution in [0.3, 0.4) is 0 Å². The lowest BCUT2D eigenvalue weighted by Gasteiger charge is -2.32. The fourth-order valence-corrected chi connectivity index (χ4v) is 6.84.